The summed E-state index contributed by atoms with van der Waals surface area (Å²) in [6.07, 6.45) is 3.50. The number of hydrogen-bond donors (Lipinski definition) is 0. The number of nitrogens with zero attached hydrogens (tertiary/aromatic N) is 3. The van der Waals surface area contributed by atoms with Crippen LogP contribution in [-0.2, 0) is 12.8 Å². The molecule has 1 atom stereocenters. The average Bonchev–Trinajstić information content (AvgIpc) is 3.26. The van der Waals surface area contributed by atoms with Gasteiger partial charge in [0.05, 0.1) is 10.6 Å². The third kappa shape index (κ3) is 3.92. The van der Waals surface area contributed by atoms with Crippen molar-refractivity contribution in [3.05, 3.63) is 32.5 Å². The second-order valence-electron chi connectivity index (χ2n) is 8.92. The average molecular weight is 404 g/mol. The Morgan fingerprint density at radius 1 is 1.22 bits per heavy atom. The maximum atomic E-state index is 13.0. The van der Waals surface area contributed by atoms with Crippen LogP contribution in [0.2, 0.25) is 0 Å². The molecule has 2 aromatic rings. The number of carbonyl (C=O) groups is 1. The van der Waals surface area contributed by atoms with E-state index in [1.165, 1.54) is 16.9 Å². The van der Waals surface area contributed by atoms with Gasteiger partial charge in [-0.3, -0.25) is 4.79 Å². The molecule has 6 heteroatoms. The number of hydrogen-bond acceptors (Lipinski definition) is 5. The lowest BCUT2D eigenvalue weighted by Crippen LogP contribution is -2.48. The van der Waals surface area contributed by atoms with Gasteiger partial charge in [-0.15, -0.1) is 22.7 Å². The molecule has 1 amide bonds. The Balaban J connectivity index is 1.40. The van der Waals surface area contributed by atoms with Crippen LogP contribution in [0.1, 0.15) is 53.0 Å². The minimum atomic E-state index is 0.219. The molecule has 146 valence electrons. The van der Waals surface area contributed by atoms with Crippen molar-refractivity contribution >= 4 is 33.7 Å². The van der Waals surface area contributed by atoms with Gasteiger partial charge in [0.2, 0.25) is 0 Å². The summed E-state index contributed by atoms with van der Waals surface area (Å²) >= 11 is 3.43. The van der Waals surface area contributed by atoms with Crippen molar-refractivity contribution in [1.82, 2.24) is 9.88 Å². The number of aromatic nitrogens is 1. The van der Waals surface area contributed by atoms with Gasteiger partial charge in [-0.2, -0.15) is 0 Å². The molecular weight excluding hydrogens is 374 g/mol. The third-order valence-corrected chi connectivity index (χ3v) is 8.21. The molecule has 4 nitrogen and oxygen atoms in total. The van der Waals surface area contributed by atoms with E-state index in [2.05, 4.69) is 42.1 Å². The van der Waals surface area contributed by atoms with Crippen LogP contribution in [0.5, 0.6) is 0 Å². The zero-order chi connectivity index (χ0) is 19.2. The number of amides is 1. The molecule has 27 heavy (non-hydrogen) atoms. The standard InChI is InChI=1S/C21H29N3OS2/c1-14-13-26-20(22-14)24-9-7-23(8-10-24)19(25)18-12-15-11-16(21(2,3)4)5-6-17(15)27-18/h12-13,16H,5-11H2,1-4H3. The maximum absolute atomic E-state index is 13.0. The number of thiazole rings is 1. The topological polar surface area (TPSA) is 36.4 Å². The molecule has 4 rings (SSSR count). The molecule has 1 saturated heterocycles. The minimum absolute atomic E-state index is 0.219. The van der Waals surface area contributed by atoms with E-state index in [1.807, 2.05) is 11.8 Å². The van der Waals surface area contributed by atoms with Crippen LogP contribution in [0.4, 0.5) is 5.13 Å². The summed E-state index contributed by atoms with van der Waals surface area (Å²) in [4.78, 5) is 24.3. The molecule has 1 unspecified atom stereocenters. The molecule has 3 heterocycles. The molecule has 0 aromatic carbocycles. The Hall–Kier alpha value is -1.40. The Morgan fingerprint density at radius 2 is 1.96 bits per heavy atom. The zero-order valence-electron chi connectivity index (χ0n) is 16.7. The first kappa shape index (κ1) is 18.9. The monoisotopic (exact) mass is 403 g/mol. The summed E-state index contributed by atoms with van der Waals surface area (Å²) in [5.74, 6) is 0.935. The molecule has 2 aliphatic rings. The Bertz CT molecular complexity index is 825. The molecule has 0 bridgehead atoms. The first-order valence-corrected chi connectivity index (χ1v) is 11.6. The highest BCUT2D eigenvalue weighted by atomic mass is 32.1. The van der Waals surface area contributed by atoms with Crippen molar-refractivity contribution in [3.63, 3.8) is 0 Å². The number of carbonyl (C=O) groups excluding carboxylic acids is 1. The lowest BCUT2D eigenvalue weighted by molar-refractivity contribution is 0.0751. The molecular formula is C21H29N3OS2. The van der Waals surface area contributed by atoms with Gasteiger partial charge in [0.1, 0.15) is 0 Å². The molecule has 1 aliphatic heterocycles. The fourth-order valence-corrected chi connectivity index (χ4v) is 6.15. The predicted octanol–water partition coefficient (Wildman–Crippen LogP) is 4.63. The molecule has 2 aromatic heterocycles. The molecule has 0 spiro atoms. The van der Waals surface area contributed by atoms with Crippen LogP contribution < -0.4 is 4.90 Å². The van der Waals surface area contributed by atoms with E-state index in [4.69, 9.17) is 0 Å². The van der Waals surface area contributed by atoms with Crippen LogP contribution in [0.3, 0.4) is 0 Å². The van der Waals surface area contributed by atoms with Crippen molar-refractivity contribution in [1.29, 1.82) is 0 Å². The van der Waals surface area contributed by atoms with Crippen molar-refractivity contribution in [3.8, 4) is 0 Å². The highest BCUT2D eigenvalue weighted by Gasteiger charge is 2.31. The van der Waals surface area contributed by atoms with Crippen LogP contribution in [0.15, 0.2) is 11.4 Å². The summed E-state index contributed by atoms with van der Waals surface area (Å²) in [6, 6.07) is 2.19. The Morgan fingerprint density at radius 3 is 2.59 bits per heavy atom. The van der Waals surface area contributed by atoms with Crippen molar-refractivity contribution in [2.45, 2.75) is 47.0 Å². The fourth-order valence-electron chi connectivity index (χ4n) is 4.11. The number of rotatable bonds is 2. The van der Waals surface area contributed by atoms with E-state index in [9.17, 15) is 4.79 Å². The summed E-state index contributed by atoms with van der Waals surface area (Å²) in [5.41, 5.74) is 2.84. The van der Waals surface area contributed by atoms with E-state index in [0.29, 0.717) is 11.3 Å². The van der Waals surface area contributed by atoms with Gasteiger partial charge >= 0.3 is 0 Å². The normalized spacial score (nSPS) is 20.7. The fraction of sp³-hybridized carbons (Fsp3) is 0.619. The molecule has 0 radical (unpaired) electrons. The first-order chi connectivity index (χ1) is 12.8. The van der Waals surface area contributed by atoms with Crippen LogP contribution in [-0.4, -0.2) is 42.0 Å². The summed E-state index contributed by atoms with van der Waals surface area (Å²) in [7, 11) is 0. The summed E-state index contributed by atoms with van der Waals surface area (Å²) in [6.45, 7) is 12.4. The van der Waals surface area contributed by atoms with Crippen LogP contribution in [0.25, 0.3) is 0 Å². The minimum Gasteiger partial charge on any atom is -0.345 e. The molecule has 0 saturated carbocycles. The first-order valence-electron chi connectivity index (χ1n) is 9.89. The highest BCUT2D eigenvalue weighted by Crippen LogP contribution is 2.40. The Kier molecular flexibility index (Phi) is 5.06. The number of aryl methyl sites for hydroxylation is 2. The van der Waals surface area contributed by atoms with Crippen molar-refractivity contribution in [2.24, 2.45) is 11.3 Å². The van der Waals surface area contributed by atoms with Gasteiger partial charge < -0.3 is 9.80 Å². The van der Waals surface area contributed by atoms with E-state index < -0.39 is 0 Å². The van der Waals surface area contributed by atoms with Crippen molar-refractivity contribution in [2.75, 3.05) is 31.1 Å². The van der Waals surface area contributed by atoms with Gasteiger partial charge in [0.25, 0.3) is 5.91 Å². The number of piperazine rings is 1. The third-order valence-electron chi connectivity index (χ3n) is 5.96. The van der Waals surface area contributed by atoms with Gasteiger partial charge in [-0.1, -0.05) is 20.8 Å². The number of anilines is 1. The number of thiophene rings is 1. The molecule has 1 fully saturated rings. The van der Waals surface area contributed by atoms with Crippen LogP contribution >= 0.6 is 22.7 Å². The van der Waals surface area contributed by atoms with E-state index in [-0.39, 0.29) is 5.91 Å². The lowest BCUT2D eigenvalue weighted by atomic mass is 9.72. The van der Waals surface area contributed by atoms with E-state index in [0.717, 1.165) is 54.7 Å². The zero-order valence-corrected chi connectivity index (χ0v) is 18.4. The van der Waals surface area contributed by atoms with Gasteiger partial charge in [-0.25, -0.2) is 4.98 Å². The van der Waals surface area contributed by atoms with Crippen molar-refractivity contribution < 1.29 is 4.79 Å². The van der Waals surface area contributed by atoms with E-state index >= 15 is 0 Å². The molecule has 1 aliphatic carbocycles. The molecule has 0 N–H and O–H groups in total. The summed E-state index contributed by atoms with van der Waals surface area (Å²) < 4.78 is 0. The van der Waals surface area contributed by atoms with E-state index in [1.54, 1.807) is 22.7 Å². The largest absolute Gasteiger partial charge is 0.345 e. The highest BCUT2D eigenvalue weighted by molar-refractivity contribution is 7.14. The van der Waals surface area contributed by atoms with Gasteiger partial charge in [0, 0.05) is 36.4 Å². The van der Waals surface area contributed by atoms with Crippen LogP contribution in [0, 0.1) is 18.3 Å². The Labute approximate surface area is 170 Å². The second kappa shape index (κ2) is 7.21. The van der Waals surface area contributed by atoms with Gasteiger partial charge in [0.15, 0.2) is 5.13 Å². The second-order valence-corrected chi connectivity index (χ2v) is 10.9. The van der Waals surface area contributed by atoms with Gasteiger partial charge in [-0.05, 0) is 49.1 Å². The SMILES string of the molecule is Cc1csc(N2CCN(C(=O)c3cc4c(s3)CCC(C(C)(C)C)C4)CC2)n1. The number of fused-ring (bicyclic) bond motifs is 1. The smallest absolute Gasteiger partial charge is 0.264 e. The maximum Gasteiger partial charge on any atom is 0.264 e. The lowest BCUT2D eigenvalue weighted by Gasteiger charge is -2.34. The quantitative estimate of drug-likeness (QED) is 0.734. The predicted molar refractivity (Wildman–Crippen MR) is 114 cm³/mol. The summed E-state index contributed by atoms with van der Waals surface area (Å²) in [5, 5.41) is 3.17.